The highest BCUT2D eigenvalue weighted by Crippen LogP contribution is 2.16. The maximum atomic E-state index is 12.2. The number of benzene rings is 1. The van der Waals surface area contributed by atoms with Crippen LogP contribution in [0.25, 0.3) is 0 Å². The Morgan fingerprint density at radius 2 is 1.91 bits per heavy atom. The van der Waals surface area contributed by atoms with Crippen LogP contribution in [0.1, 0.15) is 36.2 Å². The van der Waals surface area contributed by atoms with Crippen LogP contribution in [0, 0.1) is 6.92 Å². The lowest BCUT2D eigenvalue weighted by molar-refractivity contribution is 0.531. The van der Waals surface area contributed by atoms with Crippen LogP contribution in [0.15, 0.2) is 48.7 Å². The maximum Gasteiger partial charge on any atom is 0.277 e. The van der Waals surface area contributed by atoms with Crippen molar-refractivity contribution in [2.75, 3.05) is 0 Å². The van der Waals surface area contributed by atoms with Crippen molar-refractivity contribution in [3.05, 3.63) is 65.5 Å². The Morgan fingerprint density at radius 3 is 2.55 bits per heavy atom. The molecule has 6 heteroatoms. The average molecular weight is 319 g/mol. The second-order valence-electron chi connectivity index (χ2n) is 5.15. The van der Waals surface area contributed by atoms with Crippen molar-refractivity contribution < 1.29 is 8.42 Å². The van der Waals surface area contributed by atoms with E-state index in [1.807, 2.05) is 56.3 Å². The van der Waals surface area contributed by atoms with Crippen LogP contribution in [-0.4, -0.2) is 13.4 Å². The van der Waals surface area contributed by atoms with E-state index in [1.54, 1.807) is 6.20 Å². The van der Waals surface area contributed by atoms with Crippen molar-refractivity contribution in [1.82, 2.24) is 14.4 Å². The van der Waals surface area contributed by atoms with Crippen molar-refractivity contribution in [2.24, 2.45) is 0 Å². The van der Waals surface area contributed by atoms with Crippen molar-refractivity contribution in [3.8, 4) is 0 Å². The molecule has 1 aromatic carbocycles. The smallest absolute Gasteiger partial charge is 0.260 e. The van der Waals surface area contributed by atoms with Crippen LogP contribution in [-0.2, 0) is 16.8 Å². The van der Waals surface area contributed by atoms with Gasteiger partial charge < -0.3 is 0 Å². The molecule has 0 spiro atoms. The normalized spacial score (nSPS) is 13.0. The summed E-state index contributed by atoms with van der Waals surface area (Å²) in [6.45, 7) is 4.14. The summed E-state index contributed by atoms with van der Waals surface area (Å²) in [6, 6.07) is 12.8. The second-order valence-corrected chi connectivity index (χ2v) is 6.68. The van der Waals surface area contributed by atoms with Crippen LogP contribution in [0.5, 0.6) is 0 Å². The molecule has 0 saturated heterocycles. The van der Waals surface area contributed by atoms with E-state index in [0.29, 0.717) is 6.42 Å². The predicted molar refractivity (Wildman–Crippen MR) is 87.3 cm³/mol. The van der Waals surface area contributed by atoms with Gasteiger partial charge in [0.2, 0.25) is 0 Å². The molecular formula is C16H21N3O2S. The van der Waals surface area contributed by atoms with Crippen molar-refractivity contribution in [1.29, 1.82) is 0 Å². The number of rotatable bonds is 7. The van der Waals surface area contributed by atoms with E-state index < -0.39 is 10.2 Å². The molecule has 0 aliphatic rings. The molecule has 1 heterocycles. The van der Waals surface area contributed by atoms with Crippen molar-refractivity contribution >= 4 is 10.2 Å². The third-order valence-electron chi connectivity index (χ3n) is 3.31. The van der Waals surface area contributed by atoms with Gasteiger partial charge >= 0.3 is 0 Å². The van der Waals surface area contributed by atoms with Gasteiger partial charge in [-0.05, 0) is 36.6 Å². The molecule has 0 unspecified atom stereocenters. The summed E-state index contributed by atoms with van der Waals surface area (Å²) < 4.78 is 29.6. The maximum absolute atomic E-state index is 12.2. The number of nitrogens with one attached hydrogen (secondary N) is 2. The van der Waals surface area contributed by atoms with Crippen molar-refractivity contribution in [3.63, 3.8) is 0 Å². The Labute approximate surface area is 132 Å². The van der Waals surface area contributed by atoms with Gasteiger partial charge in [0.05, 0.1) is 11.7 Å². The topological polar surface area (TPSA) is 71.1 Å². The first kappa shape index (κ1) is 16.6. The minimum Gasteiger partial charge on any atom is -0.260 e. The molecule has 22 heavy (non-hydrogen) atoms. The van der Waals surface area contributed by atoms with Gasteiger partial charge in [0, 0.05) is 12.7 Å². The van der Waals surface area contributed by atoms with Gasteiger partial charge in [-0.25, -0.2) is 0 Å². The predicted octanol–water partition coefficient (Wildman–Crippen LogP) is 2.47. The summed E-state index contributed by atoms with van der Waals surface area (Å²) >= 11 is 0. The Kier molecular flexibility index (Phi) is 5.65. The lowest BCUT2D eigenvalue weighted by Crippen LogP contribution is -2.38. The molecule has 1 aromatic heterocycles. The van der Waals surface area contributed by atoms with Crippen LogP contribution < -0.4 is 9.44 Å². The molecule has 118 valence electrons. The number of hydrogen-bond donors (Lipinski definition) is 2. The molecule has 0 amide bonds. The molecule has 0 fully saturated rings. The first-order chi connectivity index (χ1) is 10.5. The first-order valence-corrected chi connectivity index (χ1v) is 8.72. The molecule has 2 aromatic rings. The summed E-state index contributed by atoms with van der Waals surface area (Å²) in [4.78, 5) is 4.26. The number of hydrogen-bond acceptors (Lipinski definition) is 3. The Bertz CT molecular complexity index is 702. The molecule has 0 aliphatic carbocycles. The monoisotopic (exact) mass is 319 g/mol. The zero-order chi connectivity index (χ0) is 16.0. The zero-order valence-corrected chi connectivity index (χ0v) is 13.6. The molecule has 2 rings (SSSR count). The quantitative estimate of drug-likeness (QED) is 0.823. The van der Waals surface area contributed by atoms with E-state index in [4.69, 9.17) is 0 Å². The Balaban J connectivity index is 2.03. The van der Waals surface area contributed by atoms with Gasteiger partial charge in [0.25, 0.3) is 10.2 Å². The zero-order valence-electron chi connectivity index (χ0n) is 12.8. The number of pyridine rings is 1. The average Bonchev–Trinajstić information content (AvgIpc) is 2.52. The van der Waals surface area contributed by atoms with Gasteiger partial charge in [-0.2, -0.15) is 17.9 Å². The van der Waals surface area contributed by atoms with Gasteiger partial charge in [-0.1, -0.05) is 37.3 Å². The minimum atomic E-state index is -3.59. The second kappa shape index (κ2) is 7.49. The van der Waals surface area contributed by atoms with Gasteiger partial charge in [0.1, 0.15) is 0 Å². The third kappa shape index (κ3) is 4.91. The molecule has 0 saturated carbocycles. The molecule has 1 atom stereocenters. The number of aromatic nitrogens is 1. The summed E-state index contributed by atoms with van der Waals surface area (Å²) in [5.41, 5.74) is 2.70. The third-order valence-corrected chi connectivity index (χ3v) is 4.43. The van der Waals surface area contributed by atoms with E-state index in [-0.39, 0.29) is 12.6 Å². The largest absolute Gasteiger partial charge is 0.277 e. The first-order valence-electron chi connectivity index (χ1n) is 7.23. The standard InChI is InChI=1S/C16H21N3O2S/c1-3-15(16-11-13(2)9-10-17-16)19-22(20,21)18-12-14-7-5-4-6-8-14/h4-11,15,18-19H,3,12H2,1-2H3/t15-/m0/s1. The van der Waals surface area contributed by atoms with Gasteiger partial charge in [-0.15, -0.1) is 0 Å². The van der Waals surface area contributed by atoms with E-state index >= 15 is 0 Å². The van der Waals surface area contributed by atoms with E-state index in [2.05, 4.69) is 14.4 Å². The van der Waals surface area contributed by atoms with Crippen LogP contribution in [0.3, 0.4) is 0 Å². The number of aryl methyl sites for hydroxylation is 1. The fourth-order valence-corrected chi connectivity index (χ4v) is 3.21. The fourth-order valence-electron chi connectivity index (χ4n) is 2.11. The molecule has 5 nitrogen and oxygen atoms in total. The summed E-state index contributed by atoms with van der Waals surface area (Å²) in [6.07, 6.45) is 2.32. The fraction of sp³-hybridized carbons (Fsp3) is 0.312. The lowest BCUT2D eigenvalue weighted by Gasteiger charge is -2.17. The molecular weight excluding hydrogens is 298 g/mol. The van der Waals surface area contributed by atoms with Gasteiger partial charge in [0.15, 0.2) is 0 Å². The highest BCUT2D eigenvalue weighted by atomic mass is 32.2. The summed E-state index contributed by atoms with van der Waals surface area (Å²) in [7, 11) is -3.59. The Hall–Kier alpha value is -1.76. The van der Waals surface area contributed by atoms with E-state index in [1.165, 1.54) is 0 Å². The van der Waals surface area contributed by atoms with Gasteiger partial charge in [-0.3, -0.25) is 4.98 Å². The SMILES string of the molecule is CC[C@H](NS(=O)(=O)NCc1ccccc1)c1cc(C)ccn1. The van der Waals surface area contributed by atoms with Crippen LogP contribution in [0.4, 0.5) is 0 Å². The Morgan fingerprint density at radius 1 is 1.18 bits per heavy atom. The van der Waals surface area contributed by atoms with Crippen LogP contribution >= 0.6 is 0 Å². The van der Waals surface area contributed by atoms with E-state index in [9.17, 15) is 8.42 Å². The number of nitrogens with zero attached hydrogens (tertiary/aromatic N) is 1. The highest BCUT2D eigenvalue weighted by Gasteiger charge is 2.18. The molecule has 0 bridgehead atoms. The molecule has 2 N–H and O–H groups in total. The molecule has 0 radical (unpaired) electrons. The summed E-state index contributed by atoms with van der Waals surface area (Å²) in [5, 5.41) is 0. The van der Waals surface area contributed by atoms with Crippen LogP contribution in [0.2, 0.25) is 0 Å². The lowest BCUT2D eigenvalue weighted by atomic mass is 10.1. The minimum absolute atomic E-state index is 0.258. The highest BCUT2D eigenvalue weighted by molar-refractivity contribution is 7.87. The van der Waals surface area contributed by atoms with E-state index in [0.717, 1.165) is 16.8 Å². The summed E-state index contributed by atoms with van der Waals surface area (Å²) in [5.74, 6) is 0. The molecule has 0 aliphatic heterocycles. The van der Waals surface area contributed by atoms with Crippen molar-refractivity contribution in [2.45, 2.75) is 32.9 Å².